The Bertz CT molecular complexity index is 1630. The van der Waals surface area contributed by atoms with E-state index in [0.717, 1.165) is 39.1 Å². The van der Waals surface area contributed by atoms with Gasteiger partial charge in [-0.25, -0.2) is 4.98 Å². The normalized spacial score (nSPS) is 12.5. The first-order valence-corrected chi connectivity index (χ1v) is 13.8. The van der Waals surface area contributed by atoms with Crippen molar-refractivity contribution in [3.05, 3.63) is 104 Å². The molecule has 0 unspecified atom stereocenters. The molecule has 5 aromatic rings. The highest BCUT2D eigenvalue weighted by atomic mass is 35.5. The number of anilines is 1. The van der Waals surface area contributed by atoms with Gasteiger partial charge in [0.1, 0.15) is 0 Å². The second kappa shape index (κ2) is 10.8. The lowest BCUT2D eigenvalue weighted by atomic mass is 10.1. The first-order chi connectivity index (χ1) is 17.6. The summed E-state index contributed by atoms with van der Waals surface area (Å²) in [7, 11) is 0. The molecule has 0 radical (unpaired) electrons. The smallest absolute Gasteiger partial charge is 0.281 e. The number of fused-ring (bicyclic) bond motifs is 1. The number of thioether (sulfide) groups is 1. The van der Waals surface area contributed by atoms with Crippen LogP contribution in [0.2, 0.25) is 5.02 Å². The number of H-pyrrole nitrogens is 1. The standard InChI is InChI=1S/C28H25ClN4OS2/c1-3-32(4-2)21-13-9-19(10-14-21)17-23-25(18-35-22-15-11-20(29)12-16-22)31-33(27(23)34)28-30-24-7-5-6-8-26(24)36-28/h5-18,31H,3-4H2,1-2H3/b23-17-,25-18-. The summed E-state index contributed by atoms with van der Waals surface area (Å²) in [6, 6.07) is 23.8. The molecule has 2 heterocycles. The predicted octanol–water partition coefficient (Wildman–Crippen LogP) is 5.63. The van der Waals surface area contributed by atoms with Gasteiger partial charge in [0, 0.05) is 34.1 Å². The fourth-order valence-electron chi connectivity index (χ4n) is 3.96. The molecular formula is C28H25ClN4OS2. The van der Waals surface area contributed by atoms with Gasteiger partial charge in [0.25, 0.3) is 5.56 Å². The summed E-state index contributed by atoms with van der Waals surface area (Å²) < 4.78 is 2.57. The first-order valence-electron chi connectivity index (χ1n) is 11.7. The molecule has 0 fully saturated rings. The third-order valence-corrected chi connectivity index (χ3v) is 8.06. The minimum Gasteiger partial charge on any atom is -0.372 e. The quantitative estimate of drug-likeness (QED) is 0.276. The maximum absolute atomic E-state index is 13.6. The molecule has 0 aliphatic heterocycles. The number of hydrogen-bond acceptors (Lipinski definition) is 5. The van der Waals surface area contributed by atoms with Gasteiger partial charge in [0.2, 0.25) is 5.13 Å². The molecule has 0 spiro atoms. The number of para-hydroxylation sites is 1. The zero-order valence-corrected chi connectivity index (χ0v) is 22.3. The number of aromatic amines is 1. The van der Waals surface area contributed by atoms with E-state index >= 15 is 0 Å². The van der Waals surface area contributed by atoms with Gasteiger partial charge in [0.15, 0.2) is 0 Å². The number of nitrogens with zero attached hydrogens (tertiary/aromatic N) is 3. The van der Waals surface area contributed by atoms with Crippen molar-refractivity contribution in [3.8, 4) is 5.13 Å². The van der Waals surface area contributed by atoms with Gasteiger partial charge in [-0.05, 0) is 74.0 Å². The van der Waals surface area contributed by atoms with Crippen LogP contribution in [-0.2, 0) is 0 Å². The monoisotopic (exact) mass is 532 g/mol. The molecular weight excluding hydrogens is 508 g/mol. The van der Waals surface area contributed by atoms with Crippen LogP contribution in [0.4, 0.5) is 5.69 Å². The van der Waals surface area contributed by atoms with Crippen LogP contribution >= 0.6 is 34.7 Å². The van der Waals surface area contributed by atoms with Crippen LogP contribution in [0, 0.1) is 0 Å². The van der Waals surface area contributed by atoms with Crippen LogP contribution in [-0.4, -0.2) is 27.9 Å². The molecule has 8 heteroatoms. The van der Waals surface area contributed by atoms with Crippen molar-refractivity contribution in [1.82, 2.24) is 14.8 Å². The van der Waals surface area contributed by atoms with Crippen molar-refractivity contribution < 1.29 is 0 Å². The van der Waals surface area contributed by atoms with Gasteiger partial charge in [-0.1, -0.05) is 59.0 Å². The van der Waals surface area contributed by atoms with Crippen molar-refractivity contribution >= 4 is 62.1 Å². The molecule has 0 saturated carbocycles. The Kier molecular flexibility index (Phi) is 7.32. The highest BCUT2D eigenvalue weighted by Gasteiger charge is 2.11. The Morgan fingerprint density at radius 3 is 2.44 bits per heavy atom. The Morgan fingerprint density at radius 1 is 1.03 bits per heavy atom. The van der Waals surface area contributed by atoms with Crippen molar-refractivity contribution in [1.29, 1.82) is 0 Å². The molecule has 182 valence electrons. The second-order valence-electron chi connectivity index (χ2n) is 8.14. The molecule has 0 amide bonds. The molecule has 0 aliphatic rings. The Labute approximate surface area is 222 Å². The van der Waals surface area contributed by atoms with Gasteiger partial charge >= 0.3 is 0 Å². The van der Waals surface area contributed by atoms with Crippen LogP contribution < -0.4 is 21.0 Å². The van der Waals surface area contributed by atoms with E-state index in [1.807, 2.05) is 60.0 Å². The number of benzene rings is 3. The molecule has 2 aromatic heterocycles. The van der Waals surface area contributed by atoms with Gasteiger partial charge in [-0.2, -0.15) is 4.68 Å². The summed E-state index contributed by atoms with van der Waals surface area (Å²) in [6.45, 7) is 6.19. The summed E-state index contributed by atoms with van der Waals surface area (Å²) in [5, 5.41) is 7.87. The number of halogens is 1. The SMILES string of the molecule is CCN(CC)c1ccc(/C=c2\c(=O)n(-c3nc4ccccc4s3)[nH]\c2=C/Sc2ccc(Cl)cc2)cc1. The van der Waals surface area contributed by atoms with Crippen LogP contribution in [0.3, 0.4) is 0 Å². The van der Waals surface area contributed by atoms with Crippen LogP contribution in [0.15, 0.2) is 82.5 Å². The maximum atomic E-state index is 13.6. The number of nitrogens with one attached hydrogen (secondary N) is 1. The lowest BCUT2D eigenvalue weighted by Gasteiger charge is -2.20. The van der Waals surface area contributed by atoms with Gasteiger partial charge < -0.3 is 4.90 Å². The topological polar surface area (TPSA) is 53.9 Å². The van der Waals surface area contributed by atoms with Crippen LogP contribution in [0.25, 0.3) is 26.8 Å². The van der Waals surface area contributed by atoms with Gasteiger partial charge in [0.05, 0.1) is 20.8 Å². The van der Waals surface area contributed by atoms with E-state index in [0.29, 0.717) is 15.4 Å². The molecule has 0 aliphatic carbocycles. The van der Waals surface area contributed by atoms with Crippen LogP contribution in [0.1, 0.15) is 19.4 Å². The highest BCUT2D eigenvalue weighted by molar-refractivity contribution is 8.06. The van der Waals surface area contributed by atoms with Crippen molar-refractivity contribution in [3.63, 3.8) is 0 Å². The number of rotatable bonds is 7. The highest BCUT2D eigenvalue weighted by Crippen LogP contribution is 2.23. The van der Waals surface area contributed by atoms with E-state index in [9.17, 15) is 4.79 Å². The molecule has 0 saturated heterocycles. The van der Waals surface area contributed by atoms with E-state index in [-0.39, 0.29) is 5.56 Å². The van der Waals surface area contributed by atoms with Crippen molar-refractivity contribution in [2.75, 3.05) is 18.0 Å². The predicted molar refractivity (Wildman–Crippen MR) is 154 cm³/mol. The van der Waals surface area contributed by atoms with Crippen LogP contribution in [0.5, 0.6) is 0 Å². The Hall–Kier alpha value is -3.26. The average Bonchev–Trinajstić information content (AvgIpc) is 3.46. The minimum absolute atomic E-state index is 0.134. The third kappa shape index (κ3) is 5.14. The number of thiazole rings is 1. The Morgan fingerprint density at radius 2 is 1.75 bits per heavy atom. The summed E-state index contributed by atoms with van der Waals surface area (Å²) >= 11 is 9.05. The molecule has 0 bridgehead atoms. The summed E-state index contributed by atoms with van der Waals surface area (Å²) in [5.41, 5.74) is 2.87. The Balaban J connectivity index is 1.62. The van der Waals surface area contributed by atoms with Gasteiger partial charge in [-0.15, -0.1) is 0 Å². The fourth-order valence-corrected chi connectivity index (χ4v) is 5.74. The number of hydrogen-bond donors (Lipinski definition) is 1. The minimum atomic E-state index is -0.134. The fraction of sp³-hybridized carbons (Fsp3) is 0.143. The van der Waals surface area contributed by atoms with E-state index in [4.69, 9.17) is 11.6 Å². The third-order valence-electron chi connectivity index (χ3n) is 5.89. The summed E-state index contributed by atoms with van der Waals surface area (Å²) in [6.07, 6.45) is 1.93. The zero-order chi connectivity index (χ0) is 25.1. The first kappa shape index (κ1) is 24.4. The second-order valence-corrected chi connectivity index (χ2v) is 10.5. The average molecular weight is 533 g/mol. The molecule has 1 N–H and O–H groups in total. The van der Waals surface area contributed by atoms with E-state index < -0.39 is 0 Å². The van der Waals surface area contributed by atoms with Crippen molar-refractivity contribution in [2.45, 2.75) is 18.7 Å². The zero-order valence-electron chi connectivity index (χ0n) is 19.9. The largest absolute Gasteiger partial charge is 0.372 e. The van der Waals surface area contributed by atoms with E-state index in [1.165, 1.54) is 33.5 Å². The van der Waals surface area contributed by atoms with E-state index in [1.54, 1.807) is 0 Å². The molecule has 5 rings (SSSR count). The lowest BCUT2D eigenvalue weighted by molar-refractivity contribution is 0.832. The molecule has 36 heavy (non-hydrogen) atoms. The van der Waals surface area contributed by atoms with Gasteiger partial charge in [-0.3, -0.25) is 9.89 Å². The molecule has 5 nitrogen and oxygen atoms in total. The molecule has 3 aromatic carbocycles. The maximum Gasteiger partial charge on any atom is 0.281 e. The van der Waals surface area contributed by atoms with E-state index in [2.05, 4.69) is 53.1 Å². The van der Waals surface area contributed by atoms with Crippen molar-refractivity contribution in [2.24, 2.45) is 0 Å². The lowest BCUT2D eigenvalue weighted by Crippen LogP contribution is -2.34. The molecule has 0 atom stereocenters. The summed E-state index contributed by atoms with van der Waals surface area (Å²) in [5.74, 6) is 0. The summed E-state index contributed by atoms with van der Waals surface area (Å²) in [4.78, 5) is 21.6. The number of aromatic nitrogens is 3.